The van der Waals surface area contributed by atoms with Gasteiger partial charge in [-0.2, -0.15) is 0 Å². The normalized spacial score (nSPS) is 27.8. The van der Waals surface area contributed by atoms with Crippen LogP contribution in [0.25, 0.3) is 0 Å². The molecule has 1 saturated carbocycles. The van der Waals surface area contributed by atoms with Crippen molar-refractivity contribution in [3.05, 3.63) is 12.4 Å². The van der Waals surface area contributed by atoms with Gasteiger partial charge in [-0.1, -0.05) is 5.21 Å². The molecule has 1 aromatic rings. The van der Waals surface area contributed by atoms with Gasteiger partial charge < -0.3 is 5.73 Å². The van der Waals surface area contributed by atoms with E-state index in [1.54, 1.807) is 6.20 Å². The fourth-order valence-corrected chi connectivity index (χ4v) is 2.35. The lowest BCUT2D eigenvalue weighted by Crippen LogP contribution is -2.20. The van der Waals surface area contributed by atoms with E-state index >= 15 is 0 Å². The Hall–Kier alpha value is -0.900. The van der Waals surface area contributed by atoms with E-state index in [1.807, 2.05) is 10.9 Å². The second kappa shape index (κ2) is 4.55. The van der Waals surface area contributed by atoms with Crippen LogP contribution in [0.1, 0.15) is 38.1 Å². The summed E-state index contributed by atoms with van der Waals surface area (Å²) in [6.45, 7) is 0.832. The summed E-state index contributed by atoms with van der Waals surface area (Å²) >= 11 is 0. The summed E-state index contributed by atoms with van der Waals surface area (Å²) < 4.78 is 2.00. The number of nitrogens with two attached hydrogens (primary N) is 1. The Morgan fingerprint density at radius 1 is 1.29 bits per heavy atom. The highest BCUT2D eigenvalue weighted by atomic mass is 15.4. The summed E-state index contributed by atoms with van der Waals surface area (Å²) in [6.07, 6.45) is 9.95. The van der Waals surface area contributed by atoms with Gasteiger partial charge in [0.1, 0.15) is 0 Å². The lowest BCUT2D eigenvalue weighted by Gasteiger charge is -2.27. The van der Waals surface area contributed by atoms with Crippen molar-refractivity contribution in [2.75, 3.05) is 6.54 Å². The summed E-state index contributed by atoms with van der Waals surface area (Å²) in [5.74, 6) is 0.847. The highest BCUT2D eigenvalue weighted by molar-refractivity contribution is 4.78. The molecule has 0 aromatic carbocycles. The van der Waals surface area contributed by atoms with E-state index in [1.165, 1.54) is 32.1 Å². The molecule has 14 heavy (non-hydrogen) atoms. The third kappa shape index (κ3) is 2.12. The average molecular weight is 194 g/mol. The van der Waals surface area contributed by atoms with Crippen LogP contribution in [0.4, 0.5) is 0 Å². The molecule has 0 spiro atoms. The largest absolute Gasteiger partial charge is 0.330 e. The first kappa shape index (κ1) is 9.65. The van der Waals surface area contributed by atoms with Gasteiger partial charge in [-0.05, 0) is 44.6 Å². The Kier molecular flexibility index (Phi) is 3.14. The predicted octanol–water partition coefficient (Wildman–Crippen LogP) is 1.36. The molecule has 0 radical (unpaired) electrons. The van der Waals surface area contributed by atoms with Gasteiger partial charge in [0, 0.05) is 6.20 Å². The van der Waals surface area contributed by atoms with Gasteiger partial charge in [-0.15, -0.1) is 5.10 Å². The van der Waals surface area contributed by atoms with Crippen molar-refractivity contribution in [3.8, 4) is 0 Å². The molecule has 1 aliphatic rings. The molecule has 1 heterocycles. The van der Waals surface area contributed by atoms with Crippen LogP contribution < -0.4 is 5.73 Å². The summed E-state index contributed by atoms with van der Waals surface area (Å²) in [7, 11) is 0. The second-order valence-corrected chi connectivity index (χ2v) is 4.13. The van der Waals surface area contributed by atoms with E-state index in [0.29, 0.717) is 6.04 Å². The molecule has 0 unspecified atom stereocenters. The van der Waals surface area contributed by atoms with Crippen LogP contribution in [-0.2, 0) is 0 Å². The lowest BCUT2D eigenvalue weighted by molar-refractivity contribution is 0.251. The molecule has 0 bridgehead atoms. The summed E-state index contributed by atoms with van der Waals surface area (Å²) in [5.41, 5.74) is 5.56. The number of aromatic nitrogens is 3. The molecule has 2 N–H and O–H groups in total. The van der Waals surface area contributed by atoms with E-state index in [9.17, 15) is 0 Å². The highest BCUT2D eigenvalue weighted by Crippen LogP contribution is 2.32. The fourth-order valence-electron chi connectivity index (χ4n) is 2.35. The summed E-state index contributed by atoms with van der Waals surface area (Å²) in [5, 5.41) is 7.90. The Morgan fingerprint density at radius 3 is 2.64 bits per heavy atom. The first-order chi connectivity index (χ1) is 6.90. The highest BCUT2D eigenvalue weighted by Gasteiger charge is 2.21. The predicted molar refractivity (Wildman–Crippen MR) is 54.7 cm³/mol. The molecule has 0 saturated heterocycles. The molecule has 0 amide bonds. The molecule has 1 aromatic heterocycles. The van der Waals surface area contributed by atoms with Crippen LogP contribution in [-0.4, -0.2) is 21.5 Å². The monoisotopic (exact) mass is 194 g/mol. The molecule has 1 fully saturated rings. The maximum absolute atomic E-state index is 5.56. The van der Waals surface area contributed by atoms with E-state index in [2.05, 4.69) is 10.3 Å². The standard InChI is InChI=1S/C10H18N4/c11-6-5-9-1-3-10(4-2-9)14-8-7-12-13-14/h7-10H,1-6,11H2. The summed E-state index contributed by atoms with van der Waals surface area (Å²) in [4.78, 5) is 0. The Bertz CT molecular complexity index is 249. The molecule has 0 aliphatic heterocycles. The topological polar surface area (TPSA) is 56.7 Å². The van der Waals surface area contributed by atoms with Gasteiger partial charge in [0.25, 0.3) is 0 Å². The number of rotatable bonds is 3. The van der Waals surface area contributed by atoms with Gasteiger partial charge in [-0.25, -0.2) is 4.68 Å². The maximum atomic E-state index is 5.56. The number of hydrogen-bond acceptors (Lipinski definition) is 3. The molecule has 2 rings (SSSR count). The van der Waals surface area contributed by atoms with Crippen LogP contribution in [0, 0.1) is 5.92 Å². The van der Waals surface area contributed by atoms with E-state index < -0.39 is 0 Å². The number of nitrogens with zero attached hydrogens (tertiary/aromatic N) is 3. The molecular formula is C10H18N4. The van der Waals surface area contributed by atoms with Crippen LogP contribution in [0.3, 0.4) is 0 Å². The zero-order chi connectivity index (χ0) is 9.80. The van der Waals surface area contributed by atoms with E-state index in [0.717, 1.165) is 12.5 Å². The van der Waals surface area contributed by atoms with Crippen LogP contribution >= 0.6 is 0 Å². The molecule has 4 heteroatoms. The van der Waals surface area contributed by atoms with Gasteiger partial charge in [0.2, 0.25) is 0 Å². The van der Waals surface area contributed by atoms with Crippen LogP contribution in [0.5, 0.6) is 0 Å². The fraction of sp³-hybridized carbons (Fsp3) is 0.800. The zero-order valence-electron chi connectivity index (χ0n) is 8.47. The van der Waals surface area contributed by atoms with Crippen molar-refractivity contribution in [2.45, 2.75) is 38.1 Å². The minimum absolute atomic E-state index is 0.575. The number of hydrogen-bond donors (Lipinski definition) is 1. The minimum Gasteiger partial charge on any atom is -0.330 e. The molecular weight excluding hydrogens is 176 g/mol. The van der Waals surface area contributed by atoms with Gasteiger partial charge in [0.05, 0.1) is 12.2 Å². The SMILES string of the molecule is NCCC1CCC(n2ccnn2)CC1. The lowest BCUT2D eigenvalue weighted by atomic mass is 9.84. The first-order valence-corrected chi connectivity index (χ1v) is 5.46. The molecule has 1 aliphatic carbocycles. The first-order valence-electron chi connectivity index (χ1n) is 5.46. The summed E-state index contributed by atoms with van der Waals surface area (Å²) in [6, 6.07) is 0.575. The van der Waals surface area contributed by atoms with Gasteiger partial charge >= 0.3 is 0 Å². The molecule has 78 valence electrons. The van der Waals surface area contributed by atoms with E-state index in [-0.39, 0.29) is 0 Å². The maximum Gasteiger partial charge on any atom is 0.0693 e. The van der Waals surface area contributed by atoms with Crippen molar-refractivity contribution in [1.82, 2.24) is 15.0 Å². The Labute approximate surface area is 84.5 Å². The van der Waals surface area contributed by atoms with Crippen molar-refractivity contribution < 1.29 is 0 Å². The minimum atomic E-state index is 0.575. The van der Waals surface area contributed by atoms with Crippen LogP contribution in [0.2, 0.25) is 0 Å². The third-order valence-electron chi connectivity index (χ3n) is 3.21. The smallest absolute Gasteiger partial charge is 0.0693 e. The van der Waals surface area contributed by atoms with Crippen LogP contribution in [0.15, 0.2) is 12.4 Å². The second-order valence-electron chi connectivity index (χ2n) is 4.13. The molecule has 0 atom stereocenters. The Balaban J connectivity index is 1.84. The molecule has 4 nitrogen and oxygen atoms in total. The quantitative estimate of drug-likeness (QED) is 0.790. The van der Waals surface area contributed by atoms with Crippen molar-refractivity contribution in [3.63, 3.8) is 0 Å². The van der Waals surface area contributed by atoms with Crippen molar-refractivity contribution in [1.29, 1.82) is 0 Å². The van der Waals surface area contributed by atoms with Crippen molar-refractivity contribution >= 4 is 0 Å². The van der Waals surface area contributed by atoms with Gasteiger partial charge in [0.15, 0.2) is 0 Å². The van der Waals surface area contributed by atoms with Crippen molar-refractivity contribution in [2.24, 2.45) is 11.7 Å². The van der Waals surface area contributed by atoms with Gasteiger partial charge in [-0.3, -0.25) is 0 Å². The zero-order valence-corrected chi connectivity index (χ0v) is 8.47. The van der Waals surface area contributed by atoms with E-state index in [4.69, 9.17) is 5.73 Å². The Morgan fingerprint density at radius 2 is 2.07 bits per heavy atom. The average Bonchev–Trinajstić information content (AvgIpc) is 2.72. The third-order valence-corrected chi connectivity index (χ3v) is 3.21.